The van der Waals surface area contributed by atoms with Gasteiger partial charge in [0.25, 0.3) is 0 Å². The molecule has 2 fully saturated rings. The molecule has 2 saturated carbocycles. The molecule has 0 aliphatic heterocycles. The van der Waals surface area contributed by atoms with E-state index in [-0.39, 0.29) is 12.3 Å². The van der Waals surface area contributed by atoms with Gasteiger partial charge in [-0.05, 0) is 12.8 Å². The Bertz CT molecular complexity index is 295. The zero-order valence-electron chi connectivity index (χ0n) is 7.58. The van der Waals surface area contributed by atoms with Crippen LogP contribution in [0.3, 0.4) is 0 Å². The van der Waals surface area contributed by atoms with Gasteiger partial charge in [-0.2, -0.15) is 0 Å². The number of nitrogens with two attached hydrogens (primary N) is 1. The van der Waals surface area contributed by atoms with Gasteiger partial charge in [0.15, 0.2) is 0 Å². The van der Waals surface area contributed by atoms with Crippen LogP contribution in [-0.2, 0) is 14.4 Å². The fraction of sp³-hybridized carbons (Fsp3) is 0.556. The van der Waals surface area contributed by atoms with Crippen molar-refractivity contribution in [2.75, 3.05) is 0 Å². The Morgan fingerprint density at radius 3 is 2.36 bits per heavy atom. The lowest BCUT2D eigenvalue weighted by Crippen LogP contribution is -2.37. The van der Waals surface area contributed by atoms with Crippen molar-refractivity contribution in [2.24, 2.45) is 5.73 Å². The Morgan fingerprint density at radius 2 is 2.00 bits per heavy atom. The number of carbonyl (C=O) groups excluding carboxylic acids is 3. The van der Waals surface area contributed by atoms with Gasteiger partial charge < -0.3 is 11.1 Å². The summed E-state index contributed by atoms with van der Waals surface area (Å²) >= 11 is 0. The number of carbonyl (C=O) groups is 3. The summed E-state index contributed by atoms with van der Waals surface area (Å²) in [6.07, 6.45) is 2.10. The fourth-order valence-corrected chi connectivity index (χ4v) is 1.46. The van der Waals surface area contributed by atoms with Crippen molar-refractivity contribution in [3.05, 3.63) is 5.92 Å². The van der Waals surface area contributed by atoms with Gasteiger partial charge in [-0.15, -0.1) is 0 Å². The highest BCUT2D eigenvalue weighted by Crippen LogP contribution is 2.30. The highest BCUT2D eigenvalue weighted by atomic mass is 16.2. The molecule has 2 aliphatic carbocycles. The smallest absolute Gasteiger partial charge is 0.219 e. The number of ketones is 2. The number of rotatable bonds is 5. The van der Waals surface area contributed by atoms with E-state index in [1.54, 1.807) is 0 Å². The van der Waals surface area contributed by atoms with Crippen LogP contribution in [0, 0.1) is 5.92 Å². The van der Waals surface area contributed by atoms with Gasteiger partial charge in [0, 0.05) is 18.5 Å². The van der Waals surface area contributed by atoms with E-state index in [2.05, 4.69) is 5.32 Å². The molecule has 1 radical (unpaired) electrons. The molecule has 1 atom stereocenters. The summed E-state index contributed by atoms with van der Waals surface area (Å²) in [7, 11) is 0. The Kier molecular flexibility index (Phi) is 2.11. The van der Waals surface area contributed by atoms with Gasteiger partial charge >= 0.3 is 0 Å². The van der Waals surface area contributed by atoms with E-state index in [1.807, 2.05) is 0 Å². The summed E-state index contributed by atoms with van der Waals surface area (Å²) in [6.45, 7) is 0. The number of amides is 1. The van der Waals surface area contributed by atoms with Crippen LogP contribution in [0.15, 0.2) is 0 Å². The monoisotopic (exact) mass is 195 g/mol. The van der Waals surface area contributed by atoms with Gasteiger partial charge in [-0.1, -0.05) is 0 Å². The summed E-state index contributed by atoms with van der Waals surface area (Å²) in [5.41, 5.74) is 5.03. The molecule has 0 aromatic rings. The molecule has 5 heteroatoms. The minimum absolute atomic E-state index is 0.0311. The van der Waals surface area contributed by atoms with E-state index in [1.165, 1.54) is 0 Å². The molecule has 2 aliphatic rings. The van der Waals surface area contributed by atoms with Crippen LogP contribution in [-0.4, -0.2) is 29.6 Å². The highest BCUT2D eigenvalue weighted by molar-refractivity contribution is 6.71. The summed E-state index contributed by atoms with van der Waals surface area (Å²) < 4.78 is 0. The number of Topliss-reactive ketones (excluding diaryl/α,β-unsaturated/α-hetero) is 2. The van der Waals surface area contributed by atoms with Crippen molar-refractivity contribution in [3.63, 3.8) is 0 Å². The van der Waals surface area contributed by atoms with Crippen molar-refractivity contribution < 1.29 is 14.4 Å². The maximum atomic E-state index is 10.9. The molecule has 0 saturated heterocycles. The zero-order valence-corrected chi connectivity index (χ0v) is 7.58. The third-order valence-corrected chi connectivity index (χ3v) is 2.40. The largest absolute Gasteiger partial charge is 0.370 e. The lowest BCUT2D eigenvalue weighted by atomic mass is 10.1. The molecule has 0 aromatic heterocycles. The maximum Gasteiger partial charge on any atom is 0.219 e. The van der Waals surface area contributed by atoms with Crippen LogP contribution in [0.1, 0.15) is 19.3 Å². The first-order valence-corrected chi connectivity index (χ1v) is 4.60. The predicted octanol–water partition coefficient (Wildman–Crippen LogP) is -1.29. The Morgan fingerprint density at radius 1 is 1.43 bits per heavy atom. The Labute approximate surface area is 81.0 Å². The molecule has 0 aromatic carbocycles. The number of hydrogen-bond donors (Lipinski definition) is 2. The topological polar surface area (TPSA) is 89.3 Å². The minimum atomic E-state index is -0.497. The normalized spacial score (nSPS) is 23.7. The molecule has 14 heavy (non-hydrogen) atoms. The van der Waals surface area contributed by atoms with E-state index in [4.69, 9.17) is 5.73 Å². The van der Waals surface area contributed by atoms with Crippen molar-refractivity contribution in [1.29, 1.82) is 0 Å². The molecule has 0 bridgehead atoms. The first kappa shape index (κ1) is 9.33. The summed E-state index contributed by atoms with van der Waals surface area (Å²) in [5.74, 6) is -1.19. The molecule has 0 heterocycles. The van der Waals surface area contributed by atoms with E-state index < -0.39 is 23.5 Å². The summed E-state index contributed by atoms with van der Waals surface area (Å²) in [5, 5.41) is 3.07. The predicted molar refractivity (Wildman–Crippen MR) is 47.0 cm³/mol. The van der Waals surface area contributed by atoms with Crippen LogP contribution in [0.25, 0.3) is 0 Å². The number of primary amides is 1. The van der Waals surface area contributed by atoms with Gasteiger partial charge in [0.2, 0.25) is 17.5 Å². The second kappa shape index (κ2) is 3.16. The molecule has 1 unspecified atom stereocenters. The molecule has 1 amide bonds. The van der Waals surface area contributed by atoms with Crippen molar-refractivity contribution in [1.82, 2.24) is 5.32 Å². The van der Waals surface area contributed by atoms with Crippen molar-refractivity contribution in [3.8, 4) is 0 Å². The standard InChI is InChI=1S/C9H11N2O3/c10-6(12)3-5(11-4-1-2-4)7-8(13)9(7)14/h4-5,11H,1-3H2,(H2,10,12). The van der Waals surface area contributed by atoms with E-state index in [0.717, 1.165) is 12.8 Å². The summed E-state index contributed by atoms with van der Waals surface area (Å²) in [4.78, 5) is 32.4. The molecular weight excluding hydrogens is 184 g/mol. The van der Waals surface area contributed by atoms with Crippen molar-refractivity contribution in [2.45, 2.75) is 31.3 Å². The van der Waals surface area contributed by atoms with Crippen LogP contribution >= 0.6 is 0 Å². The second-order valence-corrected chi connectivity index (χ2v) is 3.74. The average molecular weight is 195 g/mol. The molecule has 0 spiro atoms. The Hall–Kier alpha value is -1.23. The lowest BCUT2D eigenvalue weighted by Gasteiger charge is -2.12. The fourth-order valence-electron chi connectivity index (χ4n) is 1.46. The van der Waals surface area contributed by atoms with Gasteiger partial charge in [0.1, 0.15) is 5.92 Å². The SMILES string of the molecule is NC(=O)CC(NC1CC1)[C]1C(=O)C1=O. The van der Waals surface area contributed by atoms with Crippen LogP contribution in [0.5, 0.6) is 0 Å². The lowest BCUT2D eigenvalue weighted by molar-refractivity contribution is -0.122. The first-order valence-electron chi connectivity index (χ1n) is 4.60. The molecule has 3 N–H and O–H groups in total. The maximum absolute atomic E-state index is 10.9. The molecule has 5 nitrogen and oxygen atoms in total. The van der Waals surface area contributed by atoms with Crippen LogP contribution < -0.4 is 11.1 Å². The van der Waals surface area contributed by atoms with E-state index >= 15 is 0 Å². The minimum Gasteiger partial charge on any atom is -0.370 e. The molecule has 2 rings (SSSR count). The van der Waals surface area contributed by atoms with Crippen molar-refractivity contribution >= 4 is 17.5 Å². The van der Waals surface area contributed by atoms with Gasteiger partial charge in [0.05, 0.1) is 0 Å². The zero-order chi connectivity index (χ0) is 10.3. The van der Waals surface area contributed by atoms with Crippen LogP contribution in [0.4, 0.5) is 0 Å². The van der Waals surface area contributed by atoms with Gasteiger partial charge in [-0.3, -0.25) is 14.4 Å². The third kappa shape index (κ3) is 1.82. The molecular formula is C9H11N2O3. The first-order chi connectivity index (χ1) is 6.59. The van der Waals surface area contributed by atoms with E-state index in [0.29, 0.717) is 6.04 Å². The highest BCUT2D eigenvalue weighted by Gasteiger charge is 2.55. The number of hydrogen-bond acceptors (Lipinski definition) is 4. The Balaban J connectivity index is 1.94. The average Bonchev–Trinajstić information content (AvgIpc) is 2.94. The molecule has 75 valence electrons. The summed E-state index contributed by atoms with van der Waals surface area (Å²) in [6, 6.07) is -0.104. The van der Waals surface area contributed by atoms with Gasteiger partial charge in [-0.25, -0.2) is 0 Å². The second-order valence-electron chi connectivity index (χ2n) is 3.74. The van der Waals surface area contributed by atoms with E-state index in [9.17, 15) is 14.4 Å². The number of nitrogens with one attached hydrogen (secondary N) is 1. The quantitative estimate of drug-likeness (QED) is 0.534. The third-order valence-electron chi connectivity index (χ3n) is 2.40. The van der Waals surface area contributed by atoms with Crippen LogP contribution in [0.2, 0.25) is 0 Å².